The molecule has 1 unspecified atom stereocenters. The zero-order valence-electron chi connectivity index (χ0n) is 21.5. The van der Waals surface area contributed by atoms with Gasteiger partial charge in [-0.05, 0) is 72.1 Å². The molecule has 0 aliphatic carbocycles. The molecule has 4 aromatic carbocycles. The van der Waals surface area contributed by atoms with Crippen LogP contribution in [0.4, 0.5) is 0 Å². The molecule has 2 aromatic heterocycles. The van der Waals surface area contributed by atoms with Crippen molar-refractivity contribution in [2.75, 3.05) is 13.8 Å². The van der Waals surface area contributed by atoms with Crippen LogP contribution in [0.2, 0.25) is 0 Å². The molecule has 0 bridgehead atoms. The molecule has 2 nitrogen and oxygen atoms in total. The largest absolute Gasteiger partial charge is 0.496 e. The smallest absolute Gasteiger partial charge is 0.219 e. The fraction of sp³-hybridized carbons (Fsp3) is 0.121. The summed E-state index contributed by atoms with van der Waals surface area (Å²) >= 11 is 0. The first-order valence-electron chi connectivity index (χ1n) is 12.3. The van der Waals surface area contributed by atoms with Crippen molar-refractivity contribution in [3.8, 4) is 28.0 Å². The molecule has 0 amide bonds. The quantitative estimate of drug-likeness (QED) is 0.0988. The van der Waals surface area contributed by atoms with Crippen molar-refractivity contribution >= 4 is 53.4 Å². The Bertz CT molecular complexity index is 1760. The molecule has 0 aliphatic heterocycles. The van der Waals surface area contributed by atoms with E-state index in [-0.39, 0.29) is 12.4 Å². The molecular weight excluding hydrogens is 493 g/mol. The van der Waals surface area contributed by atoms with Crippen LogP contribution in [-0.4, -0.2) is 13.8 Å². The van der Waals surface area contributed by atoms with E-state index in [4.69, 9.17) is 4.74 Å². The third-order valence-corrected chi connectivity index (χ3v) is 8.41. The van der Waals surface area contributed by atoms with Crippen molar-refractivity contribution in [3.05, 3.63) is 108 Å². The van der Waals surface area contributed by atoms with E-state index in [0.717, 1.165) is 5.75 Å². The van der Waals surface area contributed by atoms with E-state index in [2.05, 4.69) is 122 Å². The summed E-state index contributed by atoms with van der Waals surface area (Å²) in [6.07, 6.45) is 4.46. The van der Waals surface area contributed by atoms with Gasteiger partial charge in [0.05, 0.1) is 12.5 Å². The Kier molecular flexibility index (Phi) is 6.90. The number of hydrogen-bond donors (Lipinski definition) is 0. The maximum absolute atomic E-state index is 5.67. The highest BCUT2D eigenvalue weighted by Gasteiger charge is 2.18. The maximum atomic E-state index is 5.67. The van der Waals surface area contributed by atoms with Gasteiger partial charge >= 0.3 is 0 Å². The standard InChI is InChI=1S/C33H29NOP.ClH/c1-21-18-26-20-34-17-16-28-27(14-15-31(35-3)33(28)36-4)30(34)19-29(26)32(22(21)2)25-12-10-24(11-13-25)23-8-6-5-7-9-23;/h5-20,36H,1-4H3;1H/q+1;. The summed E-state index contributed by atoms with van der Waals surface area (Å²) in [7, 11) is 2.42. The summed E-state index contributed by atoms with van der Waals surface area (Å²) in [4.78, 5) is 0. The minimum Gasteiger partial charge on any atom is -0.496 e. The number of halogens is 1. The minimum atomic E-state index is 0. The van der Waals surface area contributed by atoms with E-state index in [0.29, 0.717) is 8.58 Å². The van der Waals surface area contributed by atoms with Crippen molar-refractivity contribution in [3.63, 3.8) is 0 Å². The lowest BCUT2D eigenvalue weighted by molar-refractivity contribution is -0.509. The second-order valence-corrected chi connectivity index (χ2v) is 10.4. The van der Waals surface area contributed by atoms with Crippen LogP contribution in [0, 0.1) is 13.8 Å². The summed E-state index contributed by atoms with van der Waals surface area (Å²) in [6.45, 7) is 6.68. The molecule has 0 N–H and O–H groups in total. The van der Waals surface area contributed by atoms with Gasteiger partial charge in [-0.15, -0.1) is 12.4 Å². The Labute approximate surface area is 226 Å². The van der Waals surface area contributed by atoms with Gasteiger partial charge in [-0.2, -0.15) is 4.40 Å². The molecule has 37 heavy (non-hydrogen) atoms. The van der Waals surface area contributed by atoms with Crippen LogP contribution in [0.5, 0.6) is 5.75 Å². The van der Waals surface area contributed by atoms with Gasteiger partial charge in [-0.3, -0.25) is 0 Å². The normalized spacial score (nSPS) is 11.5. The van der Waals surface area contributed by atoms with E-state index < -0.39 is 0 Å². The van der Waals surface area contributed by atoms with Gasteiger partial charge in [0.25, 0.3) is 0 Å². The first kappa shape index (κ1) is 25.2. The molecule has 0 spiro atoms. The lowest BCUT2D eigenvalue weighted by Gasteiger charge is -2.15. The van der Waals surface area contributed by atoms with Crippen molar-refractivity contribution in [2.24, 2.45) is 0 Å². The number of nitrogens with zero attached hydrogens (tertiary/aromatic N) is 1. The topological polar surface area (TPSA) is 13.3 Å². The molecule has 0 saturated carbocycles. The number of fused-ring (bicyclic) bond motifs is 4. The minimum absolute atomic E-state index is 0. The number of benzene rings is 4. The molecule has 1 atom stereocenters. The molecule has 2 heterocycles. The van der Waals surface area contributed by atoms with Gasteiger partial charge in [0.1, 0.15) is 5.75 Å². The van der Waals surface area contributed by atoms with Crippen molar-refractivity contribution in [1.29, 1.82) is 0 Å². The summed E-state index contributed by atoms with van der Waals surface area (Å²) in [5, 5.41) is 6.35. The third kappa shape index (κ3) is 4.25. The number of methoxy groups -OCH3 is 1. The van der Waals surface area contributed by atoms with E-state index in [9.17, 15) is 0 Å². The highest BCUT2D eigenvalue weighted by atomic mass is 35.5. The van der Waals surface area contributed by atoms with Gasteiger partial charge in [0.15, 0.2) is 12.4 Å². The molecule has 0 fully saturated rings. The molecule has 4 heteroatoms. The third-order valence-electron chi connectivity index (χ3n) is 7.39. The molecule has 0 saturated heterocycles. The number of aromatic nitrogens is 1. The zero-order valence-corrected chi connectivity index (χ0v) is 23.3. The van der Waals surface area contributed by atoms with Gasteiger partial charge in [-0.25, -0.2) is 0 Å². The van der Waals surface area contributed by atoms with Crippen molar-refractivity contribution < 1.29 is 9.14 Å². The SMILES string of the molecule is COc1ccc2c(cc[n+]3cc4cc(C)c(C)c(-c5ccc(-c6ccccc6)cc5)c4cc23)c1PC.Cl. The number of pyridine rings is 2. The lowest BCUT2D eigenvalue weighted by atomic mass is 9.90. The summed E-state index contributed by atoms with van der Waals surface area (Å²) in [5.74, 6) is 0.971. The van der Waals surface area contributed by atoms with Crippen molar-refractivity contribution in [2.45, 2.75) is 13.8 Å². The Morgan fingerprint density at radius 3 is 2.14 bits per heavy atom. The average molecular weight is 523 g/mol. The number of rotatable bonds is 4. The Morgan fingerprint density at radius 1 is 0.730 bits per heavy atom. The average Bonchev–Trinajstić information content (AvgIpc) is 2.92. The van der Waals surface area contributed by atoms with E-state index in [1.165, 1.54) is 65.7 Å². The Morgan fingerprint density at radius 2 is 1.43 bits per heavy atom. The fourth-order valence-electron chi connectivity index (χ4n) is 5.41. The van der Waals surface area contributed by atoms with E-state index in [1.807, 2.05) is 0 Å². The Balaban J connectivity index is 0.00000280. The van der Waals surface area contributed by atoms with Gasteiger partial charge in [-0.1, -0.05) is 63.2 Å². The van der Waals surface area contributed by atoms with Crippen LogP contribution in [0.3, 0.4) is 0 Å². The number of ether oxygens (including phenoxy) is 1. The van der Waals surface area contributed by atoms with Gasteiger partial charge in [0, 0.05) is 33.6 Å². The number of aryl methyl sites for hydroxylation is 1. The molecule has 0 radical (unpaired) electrons. The summed E-state index contributed by atoms with van der Waals surface area (Å²) in [6, 6.07) is 30.8. The van der Waals surface area contributed by atoms with Gasteiger partial charge in [0.2, 0.25) is 5.52 Å². The number of hydrogen-bond acceptors (Lipinski definition) is 1. The first-order chi connectivity index (χ1) is 17.6. The zero-order chi connectivity index (χ0) is 24.8. The lowest BCUT2D eigenvalue weighted by Crippen LogP contribution is -2.21. The van der Waals surface area contributed by atoms with Crippen LogP contribution < -0.4 is 14.4 Å². The van der Waals surface area contributed by atoms with Crippen LogP contribution in [0.25, 0.3) is 49.3 Å². The van der Waals surface area contributed by atoms with E-state index in [1.54, 1.807) is 7.11 Å². The van der Waals surface area contributed by atoms with E-state index >= 15 is 0 Å². The highest BCUT2D eigenvalue weighted by molar-refractivity contribution is 7.47. The summed E-state index contributed by atoms with van der Waals surface area (Å²) < 4.78 is 7.93. The highest BCUT2D eigenvalue weighted by Crippen LogP contribution is 2.36. The monoisotopic (exact) mass is 522 g/mol. The molecule has 184 valence electrons. The maximum Gasteiger partial charge on any atom is 0.219 e. The van der Waals surface area contributed by atoms with Crippen LogP contribution >= 0.6 is 21.0 Å². The van der Waals surface area contributed by atoms with Gasteiger partial charge < -0.3 is 4.74 Å². The predicted molar refractivity (Wildman–Crippen MR) is 163 cm³/mol. The fourth-order valence-corrected chi connectivity index (χ4v) is 6.33. The van der Waals surface area contributed by atoms with Crippen LogP contribution in [0.15, 0.2) is 97.3 Å². The molecular formula is C33H30ClNOP+. The Hall–Kier alpha value is -3.45. The molecule has 0 aliphatic rings. The van der Waals surface area contributed by atoms with Crippen molar-refractivity contribution in [1.82, 2.24) is 0 Å². The summed E-state index contributed by atoms with van der Waals surface area (Å²) in [5.41, 5.74) is 8.90. The second kappa shape index (κ2) is 10.1. The molecule has 6 rings (SSSR count). The molecule has 6 aromatic rings. The second-order valence-electron chi connectivity index (χ2n) is 9.38. The predicted octanol–water partition coefficient (Wildman–Crippen LogP) is 8.05. The first-order valence-corrected chi connectivity index (χ1v) is 13.8. The van der Waals surface area contributed by atoms with Crippen LogP contribution in [-0.2, 0) is 0 Å². The van der Waals surface area contributed by atoms with Crippen LogP contribution in [0.1, 0.15) is 11.1 Å².